The molecule has 2 aromatic carbocycles. The first-order valence-electron chi connectivity index (χ1n) is 6.70. The third-order valence-electron chi connectivity index (χ3n) is 3.14. The molecule has 0 amide bonds. The number of methoxy groups -OCH3 is 1. The number of aryl methyl sites for hydroxylation is 1. The minimum atomic E-state index is -3.45. The van der Waals surface area contributed by atoms with E-state index in [1.54, 1.807) is 25.3 Å². The fourth-order valence-corrected chi connectivity index (χ4v) is 3.16. The van der Waals surface area contributed by atoms with Gasteiger partial charge in [-0.3, -0.25) is 0 Å². The molecule has 4 nitrogen and oxygen atoms in total. The molecule has 112 valence electrons. The summed E-state index contributed by atoms with van der Waals surface area (Å²) in [6, 6.07) is 14.5. The summed E-state index contributed by atoms with van der Waals surface area (Å²) in [4.78, 5) is 0.299. The molecule has 0 atom stereocenters. The van der Waals surface area contributed by atoms with Crippen molar-refractivity contribution in [3.63, 3.8) is 0 Å². The zero-order valence-corrected chi connectivity index (χ0v) is 13.0. The van der Waals surface area contributed by atoms with Crippen LogP contribution in [0.15, 0.2) is 53.4 Å². The molecule has 0 unspecified atom stereocenters. The summed E-state index contributed by atoms with van der Waals surface area (Å²) < 4.78 is 32.1. The van der Waals surface area contributed by atoms with Crippen molar-refractivity contribution in [1.29, 1.82) is 0 Å². The predicted octanol–water partition coefficient (Wildman–Crippen LogP) is 2.52. The Labute approximate surface area is 125 Å². The van der Waals surface area contributed by atoms with Crippen LogP contribution in [0.25, 0.3) is 0 Å². The van der Waals surface area contributed by atoms with Gasteiger partial charge in [-0.25, -0.2) is 13.1 Å². The SMILES string of the molecule is COc1cccc(CCNS(=O)(=O)c2cccc(C)c2)c1. The monoisotopic (exact) mass is 305 g/mol. The number of rotatable bonds is 6. The molecule has 0 bridgehead atoms. The van der Waals surface area contributed by atoms with Gasteiger partial charge < -0.3 is 4.74 Å². The number of nitrogens with one attached hydrogen (secondary N) is 1. The molecular formula is C16H19NO3S. The maximum Gasteiger partial charge on any atom is 0.240 e. The minimum absolute atomic E-state index is 0.299. The molecule has 1 N–H and O–H groups in total. The molecule has 0 heterocycles. The summed E-state index contributed by atoms with van der Waals surface area (Å²) in [7, 11) is -1.84. The van der Waals surface area contributed by atoms with Crippen LogP contribution < -0.4 is 9.46 Å². The highest BCUT2D eigenvalue weighted by Gasteiger charge is 2.13. The molecule has 21 heavy (non-hydrogen) atoms. The largest absolute Gasteiger partial charge is 0.497 e. The van der Waals surface area contributed by atoms with Crippen molar-refractivity contribution in [1.82, 2.24) is 4.72 Å². The molecule has 2 rings (SSSR count). The van der Waals surface area contributed by atoms with Gasteiger partial charge in [-0.2, -0.15) is 0 Å². The molecule has 0 aromatic heterocycles. The highest BCUT2D eigenvalue weighted by atomic mass is 32.2. The van der Waals surface area contributed by atoms with E-state index in [-0.39, 0.29) is 0 Å². The third kappa shape index (κ3) is 4.31. The summed E-state index contributed by atoms with van der Waals surface area (Å²) in [6.07, 6.45) is 0.613. The number of hydrogen-bond donors (Lipinski definition) is 1. The maximum atomic E-state index is 12.2. The van der Waals surface area contributed by atoms with Gasteiger partial charge in [0.1, 0.15) is 5.75 Å². The standard InChI is InChI=1S/C16H19NO3S/c1-13-5-3-8-16(11-13)21(18,19)17-10-9-14-6-4-7-15(12-14)20-2/h3-8,11-12,17H,9-10H2,1-2H3. The molecule has 0 saturated carbocycles. The van der Waals surface area contributed by atoms with Crippen molar-refractivity contribution >= 4 is 10.0 Å². The van der Waals surface area contributed by atoms with Crippen LogP contribution in [0.3, 0.4) is 0 Å². The number of benzene rings is 2. The predicted molar refractivity (Wildman–Crippen MR) is 83.1 cm³/mol. The Morgan fingerprint density at radius 2 is 1.86 bits per heavy atom. The smallest absolute Gasteiger partial charge is 0.240 e. The summed E-state index contributed by atoms with van der Waals surface area (Å²) in [5.41, 5.74) is 1.95. The third-order valence-corrected chi connectivity index (χ3v) is 4.60. The minimum Gasteiger partial charge on any atom is -0.497 e. The number of sulfonamides is 1. The molecule has 0 fully saturated rings. The van der Waals surface area contributed by atoms with Crippen LogP contribution in [0, 0.1) is 6.92 Å². The quantitative estimate of drug-likeness (QED) is 0.892. The molecule has 0 saturated heterocycles. The first-order valence-corrected chi connectivity index (χ1v) is 8.19. The lowest BCUT2D eigenvalue weighted by molar-refractivity contribution is 0.414. The zero-order chi connectivity index (χ0) is 15.3. The second-order valence-electron chi connectivity index (χ2n) is 4.82. The van der Waals surface area contributed by atoms with E-state index in [0.717, 1.165) is 16.9 Å². The zero-order valence-electron chi connectivity index (χ0n) is 12.2. The van der Waals surface area contributed by atoms with Crippen molar-refractivity contribution < 1.29 is 13.2 Å². The molecule has 0 radical (unpaired) electrons. The number of ether oxygens (including phenoxy) is 1. The van der Waals surface area contributed by atoms with Crippen LogP contribution in [0.5, 0.6) is 5.75 Å². The van der Waals surface area contributed by atoms with Crippen LogP contribution in [0.2, 0.25) is 0 Å². The summed E-state index contributed by atoms with van der Waals surface area (Å²) in [5, 5.41) is 0. The topological polar surface area (TPSA) is 55.4 Å². The first-order chi connectivity index (χ1) is 10.0. The van der Waals surface area contributed by atoms with Gasteiger partial charge in [0.05, 0.1) is 12.0 Å². The molecule has 0 aliphatic rings. The van der Waals surface area contributed by atoms with Crippen LogP contribution in [0.1, 0.15) is 11.1 Å². The Morgan fingerprint density at radius 3 is 2.57 bits per heavy atom. The van der Waals surface area contributed by atoms with Gasteiger partial charge in [-0.15, -0.1) is 0 Å². The van der Waals surface area contributed by atoms with Crippen molar-refractivity contribution in [2.24, 2.45) is 0 Å². The number of hydrogen-bond acceptors (Lipinski definition) is 3. The first kappa shape index (κ1) is 15.5. The van der Waals surface area contributed by atoms with Crippen molar-refractivity contribution in [3.05, 3.63) is 59.7 Å². The van der Waals surface area contributed by atoms with Crippen molar-refractivity contribution in [2.75, 3.05) is 13.7 Å². The van der Waals surface area contributed by atoms with E-state index in [1.165, 1.54) is 0 Å². The van der Waals surface area contributed by atoms with Gasteiger partial charge in [0.2, 0.25) is 10.0 Å². The highest BCUT2D eigenvalue weighted by molar-refractivity contribution is 7.89. The Balaban J connectivity index is 1.99. The van der Waals surface area contributed by atoms with Gasteiger partial charge in [0, 0.05) is 6.54 Å². The van der Waals surface area contributed by atoms with Gasteiger partial charge in [0.15, 0.2) is 0 Å². The molecule has 0 aliphatic heterocycles. The normalized spacial score (nSPS) is 11.3. The summed E-state index contributed by atoms with van der Waals surface area (Å²) in [5.74, 6) is 0.772. The van der Waals surface area contributed by atoms with E-state index in [4.69, 9.17) is 4.74 Å². The van der Waals surface area contributed by atoms with E-state index < -0.39 is 10.0 Å². The molecule has 2 aromatic rings. The van der Waals surface area contributed by atoms with E-state index in [1.807, 2.05) is 37.3 Å². The maximum absolute atomic E-state index is 12.2. The lowest BCUT2D eigenvalue weighted by Gasteiger charge is -2.08. The van der Waals surface area contributed by atoms with Crippen LogP contribution >= 0.6 is 0 Å². The van der Waals surface area contributed by atoms with Gasteiger partial charge >= 0.3 is 0 Å². The van der Waals surface area contributed by atoms with E-state index in [0.29, 0.717) is 17.9 Å². The molecular weight excluding hydrogens is 286 g/mol. The van der Waals surface area contributed by atoms with E-state index >= 15 is 0 Å². The van der Waals surface area contributed by atoms with Crippen LogP contribution in [-0.4, -0.2) is 22.1 Å². The van der Waals surface area contributed by atoms with Gasteiger partial charge in [0.25, 0.3) is 0 Å². The highest BCUT2D eigenvalue weighted by Crippen LogP contribution is 2.13. The second-order valence-corrected chi connectivity index (χ2v) is 6.58. The Kier molecular flexibility index (Phi) is 4.98. The Bertz CT molecular complexity index is 711. The Morgan fingerprint density at radius 1 is 1.10 bits per heavy atom. The molecule has 5 heteroatoms. The van der Waals surface area contributed by atoms with Crippen LogP contribution in [-0.2, 0) is 16.4 Å². The van der Waals surface area contributed by atoms with E-state index in [2.05, 4.69) is 4.72 Å². The second kappa shape index (κ2) is 6.74. The lowest BCUT2D eigenvalue weighted by Crippen LogP contribution is -2.26. The Hall–Kier alpha value is -1.85. The fraction of sp³-hybridized carbons (Fsp3) is 0.250. The van der Waals surface area contributed by atoms with Crippen molar-refractivity contribution in [2.45, 2.75) is 18.2 Å². The molecule has 0 aliphatic carbocycles. The van der Waals surface area contributed by atoms with E-state index in [9.17, 15) is 8.42 Å². The average molecular weight is 305 g/mol. The summed E-state index contributed by atoms with van der Waals surface area (Å²) in [6.45, 7) is 2.22. The lowest BCUT2D eigenvalue weighted by atomic mass is 10.1. The van der Waals surface area contributed by atoms with Crippen molar-refractivity contribution in [3.8, 4) is 5.75 Å². The van der Waals surface area contributed by atoms with Crippen LogP contribution in [0.4, 0.5) is 0 Å². The van der Waals surface area contributed by atoms with Gasteiger partial charge in [-0.05, 0) is 48.7 Å². The average Bonchev–Trinajstić information content (AvgIpc) is 2.47. The summed E-state index contributed by atoms with van der Waals surface area (Å²) >= 11 is 0. The van der Waals surface area contributed by atoms with Gasteiger partial charge in [-0.1, -0.05) is 24.3 Å². The molecule has 0 spiro atoms. The fourth-order valence-electron chi connectivity index (χ4n) is 2.02.